The lowest BCUT2D eigenvalue weighted by molar-refractivity contribution is 0.132. The van der Waals surface area contributed by atoms with Gasteiger partial charge in [0.15, 0.2) is 0 Å². The lowest BCUT2D eigenvalue weighted by Crippen LogP contribution is -2.47. The van der Waals surface area contributed by atoms with Gasteiger partial charge in [0, 0.05) is 26.2 Å². The smallest absolute Gasteiger partial charge is 0.317 e. The molecule has 6 nitrogen and oxygen atoms in total. The van der Waals surface area contributed by atoms with Crippen molar-refractivity contribution in [2.24, 2.45) is 5.92 Å². The summed E-state index contributed by atoms with van der Waals surface area (Å²) >= 11 is 0. The minimum Gasteiger partial charge on any atom is -0.468 e. The Kier molecular flexibility index (Phi) is 6.47. The van der Waals surface area contributed by atoms with Crippen LogP contribution in [-0.2, 0) is 0 Å². The fraction of sp³-hybridized carbons (Fsp3) is 0.706. The molecule has 1 aliphatic rings. The third kappa shape index (κ3) is 4.72. The maximum absolute atomic E-state index is 12.4. The number of likely N-dealkylation sites (N-methyl/N-ethyl adjacent to an activating group) is 1. The molecule has 0 bridgehead atoms. The minimum atomic E-state index is -0.0455. The molecule has 1 aromatic heterocycles. The van der Waals surface area contributed by atoms with Crippen molar-refractivity contribution in [3.63, 3.8) is 0 Å². The number of hydrogen-bond acceptors (Lipinski definition) is 4. The maximum Gasteiger partial charge on any atom is 0.317 e. The van der Waals surface area contributed by atoms with E-state index in [1.165, 1.54) is 0 Å². The summed E-state index contributed by atoms with van der Waals surface area (Å²) in [5.74, 6) is 1.25. The lowest BCUT2D eigenvalue weighted by Gasteiger charge is -2.34. The maximum atomic E-state index is 12.4. The van der Waals surface area contributed by atoms with Crippen LogP contribution < -0.4 is 5.32 Å². The average molecular weight is 323 g/mol. The molecule has 1 heterocycles. The first-order valence-corrected chi connectivity index (χ1v) is 8.34. The molecular weight excluding hydrogens is 294 g/mol. The summed E-state index contributed by atoms with van der Waals surface area (Å²) in [7, 11) is 5.80. The number of aliphatic hydroxyl groups is 1. The number of hydrogen-bond donors (Lipinski definition) is 2. The second-order valence-electron chi connectivity index (χ2n) is 6.65. The molecule has 0 saturated heterocycles. The van der Waals surface area contributed by atoms with E-state index in [4.69, 9.17) is 4.42 Å². The number of rotatable bonds is 6. The summed E-state index contributed by atoms with van der Waals surface area (Å²) in [6, 6.07) is 4.03. The van der Waals surface area contributed by atoms with E-state index in [0.717, 1.165) is 31.4 Å². The van der Waals surface area contributed by atoms with Crippen LogP contribution in [0.25, 0.3) is 0 Å². The molecule has 0 aliphatic heterocycles. The van der Waals surface area contributed by atoms with E-state index in [-0.39, 0.29) is 24.7 Å². The molecule has 130 valence electrons. The van der Waals surface area contributed by atoms with E-state index >= 15 is 0 Å². The van der Waals surface area contributed by atoms with E-state index in [0.29, 0.717) is 12.5 Å². The van der Waals surface area contributed by atoms with Crippen molar-refractivity contribution in [2.75, 3.05) is 34.3 Å². The number of nitrogens with zero attached hydrogens (tertiary/aromatic N) is 2. The highest BCUT2D eigenvalue weighted by Gasteiger charge is 2.27. The minimum absolute atomic E-state index is 0.0208. The van der Waals surface area contributed by atoms with Crippen LogP contribution in [-0.4, -0.2) is 61.3 Å². The predicted molar refractivity (Wildman–Crippen MR) is 89.1 cm³/mol. The Morgan fingerprint density at radius 3 is 2.57 bits per heavy atom. The van der Waals surface area contributed by atoms with Crippen molar-refractivity contribution in [3.8, 4) is 0 Å². The van der Waals surface area contributed by atoms with Gasteiger partial charge in [0.1, 0.15) is 5.76 Å². The SMILES string of the molecule is CN(C)C(CNC(=O)N(C)C1CCC(CO)CC1)c1ccco1. The summed E-state index contributed by atoms with van der Waals surface area (Å²) in [6.45, 7) is 0.770. The van der Waals surface area contributed by atoms with Crippen LogP contribution >= 0.6 is 0 Å². The quantitative estimate of drug-likeness (QED) is 0.841. The van der Waals surface area contributed by atoms with Crippen LogP contribution in [0.4, 0.5) is 4.79 Å². The molecule has 23 heavy (non-hydrogen) atoms. The summed E-state index contributed by atoms with van der Waals surface area (Å²) in [6.07, 6.45) is 5.56. The molecule has 2 N–H and O–H groups in total. The van der Waals surface area contributed by atoms with Crippen molar-refractivity contribution in [1.29, 1.82) is 0 Å². The number of nitrogens with one attached hydrogen (secondary N) is 1. The number of carbonyl (C=O) groups is 1. The normalized spacial score (nSPS) is 22.8. The van der Waals surface area contributed by atoms with Crippen molar-refractivity contribution >= 4 is 6.03 Å². The molecule has 1 aliphatic carbocycles. The highest BCUT2D eigenvalue weighted by Crippen LogP contribution is 2.26. The number of urea groups is 1. The van der Waals surface area contributed by atoms with Gasteiger partial charge in [-0.2, -0.15) is 0 Å². The third-order valence-electron chi connectivity index (χ3n) is 4.88. The Hall–Kier alpha value is -1.53. The second kappa shape index (κ2) is 8.36. The summed E-state index contributed by atoms with van der Waals surface area (Å²) in [5.41, 5.74) is 0. The fourth-order valence-electron chi connectivity index (χ4n) is 3.21. The van der Waals surface area contributed by atoms with Gasteiger partial charge in [-0.15, -0.1) is 0 Å². The first-order chi connectivity index (χ1) is 11.0. The highest BCUT2D eigenvalue weighted by atomic mass is 16.3. The fourth-order valence-corrected chi connectivity index (χ4v) is 3.21. The standard InChI is InChI=1S/C17H29N3O3/c1-19(2)15(16-5-4-10-23-16)11-18-17(22)20(3)14-8-6-13(12-21)7-9-14/h4-5,10,13-15,21H,6-9,11-12H2,1-3H3,(H,18,22). The van der Waals surface area contributed by atoms with E-state index in [1.807, 2.05) is 43.1 Å². The van der Waals surface area contributed by atoms with Crippen LogP contribution in [0.2, 0.25) is 0 Å². The molecule has 0 aromatic carbocycles. The molecule has 1 saturated carbocycles. The van der Waals surface area contributed by atoms with E-state index < -0.39 is 0 Å². The largest absolute Gasteiger partial charge is 0.468 e. The Morgan fingerprint density at radius 2 is 2.04 bits per heavy atom. The van der Waals surface area contributed by atoms with Crippen LogP contribution in [0, 0.1) is 5.92 Å². The van der Waals surface area contributed by atoms with Gasteiger partial charge in [0.2, 0.25) is 0 Å². The zero-order valence-corrected chi connectivity index (χ0v) is 14.4. The number of aliphatic hydroxyl groups excluding tert-OH is 1. The van der Waals surface area contributed by atoms with Crippen molar-refractivity contribution < 1.29 is 14.3 Å². The zero-order chi connectivity index (χ0) is 16.8. The van der Waals surface area contributed by atoms with Crippen LogP contribution in [0.15, 0.2) is 22.8 Å². The van der Waals surface area contributed by atoms with Crippen LogP contribution in [0.5, 0.6) is 0 Å². The highest BCUT2D eigenvalue weighted by molar-refractivity contribution is 5.74. The topological polar surface area (TPSA) is 69.0 Å². The molecule has 1 atom stereocenters. The summed E-state index contributed by atoms with van der Waals surface area (Å²) in [5, 5.41) is 12.2. The lowest BCUT2D eigenvalue weighted by atomic mass is 9.86. The van der Waals surface area contributed by atoms with Gasteiger partial charge < -0.3 is 19.7 Å². The van der Waals surface area contributed by atoms with E-state index in [9.17, 15) is 9.90 Å². The number of carbonyl (C=O) groups excluding carboxylic acids is 1. The summed E-state index contributed by atoms with van der Waals surface area (Å²) in [4.78, 5) is 16.2. The molecule has 1 aromatic rings. The number of furan rings is 1. The third-order valence-corrected chi connectivity index (χ3v) is 4.88. The Morgan fingerprint density at radius 1 is 1.35 bits per heavy atom. The predicted octanol–water partition coefficient (Wildman–Crippen LogP) is 2.07. The van der Waals surface area contributed by atoms with Gasteiger partial charge in [-0.05, 0) is 57.8 Å². The molecule has 2 rings (SSSR count). The van der Waals surface area contributed by atoms with Gasteiger partial charge >= 0.3 is 6.03 Å². The second-order valence-corrected chi connectivity index (χ2v) is 6.65. The van der Waals surface area contributed by atoms with E-state index in [2.05, 4.69) is 5.32 Å². The van der Waals surface area contributed by atoms with E-state index in [1.54, 1.807) is 6.26 Å². The van der Waals surface area contributed by atoms with Crippen LogP contribution in [0.3, 0.4) is 0 Å². The van der Waals surface area contributed by atoms with Crippen molar-refractivity contribution in [2.45, 2.75) is 37.8 Å². The molecular formula is C17H29N3O3. The van der Waals surface area contributed by atoms with Gasteiger partial charge in [-0.25, -0.2) is 4.79 Å². The average Bonchev–Trinajstić information content (AvgIpc) is 3.08. The van der Waals surface area contributed by atoms with Crippen molar-refractivity contribution in [3.05, 3.63) is 24.2 Å². The Bertz CT molecular complexity index is 467. The molecule has 0 radical (unpaired) electrons. The van der Waals surface area contributed by atoms with Gasteiger partial charge in [0.05, 0.1) is 12.3 Å². The zero-order valence-electron chi connectivity index (χ0n) is 14.4. The number of amides is 2. The molecule has 2 amide bonds. The molecule has 6 heteroatoms. The Balaban J connectivity index is 1.83. The van der Waals surface area contributed by atoms with Gasteiger partial charge in [0.25, 0.3) is 0 Å². The Labute approximate surface area is 138 Å². The molecule has 1 fully saturated rings. The molecule has 1 unspecified atom stereocenters. The monoisotopic (exact) mass is 323 g/mol. The first-order valence-electron chi connectivity index (χ1n) is 8.34. The van der Waals surface area contributed by atoms with Gasteiger partial charge in [-0.1, -0.05) is 0 Å². The van der Waals surface area contributed by atoms with Crippen molar-refractivity contribution in [1.82, 2.24) is 15.1 Å². The molecule has 0 spiro atoms. The first kappa shape index (κ1) is 17.8. The summed E-state index contributed by atoms with van der Waals surface area (Å²) < 4.78 is 5.46. The van der Waals surface area contributed by atoms with Gasteiger partial charge in [-0.3, -0.25) is 4.90 Å². The van der Waals surface area contributed by atoms with Crippen LogP contribution in [0.1, 0.15) is 37.5 Å².